The predicted molar refractivity (Wildman–Crippen MR) is 59.7 cm³/mol. The van der Waals surface area contributed by atoms with Crippen molar-refractivity contribution in [3.05, 3.63) is 41.2 Å². The standard InChI is InChI=1S/C13H15NO/c1-9(2)8-12(15)11-6-5-10-4-3-7-14-13(10)11/h3-4,7-8,11H,5-6H2,1-2H3. The van der Waals surface area contributed by atoms with E-state index in [-0.39, 0.29) is 11.7 Å². The van der Waals surface area contributed by atoms with Crippen molar-refractivity contribution in [2.45, 2.75) is 32.6 Å². The van der Waals surface area contributed by atoms with Crippen LogP contribution in [0.1, 0.15) is 37.4 Å². The van der Waals surface area contributed by atoms with E-state index >= 15 is 0 Å². The van der Waals surface area contributed by atoms with Crippen LogP contribution in [0.3, 0.4) is 0 Å². The van der Waals surface area contributed by atoms with Crippen molar-refractivity contribution in [2.75, 3.05) is 0 Å². The van der Waals surface area contributed by atoms with Crippen LogP contribution in [-0.4, -0.2) is 10.8 Å². The van der Waals surface area contributed by atoms with Crippen molar-refractivity contribution >= 4 is 5.78 Å². The Labute approximate surface area is 90.0 Å². The number of hydrogen-bond acceptors (Lipinski definition) is 2. The smallest absolute Gasteiger partial charge is 0.164 e. The molecule has 0 fully saturated rings. The fraction of sp³-hybridized carbons (Fsp3) is 0.385. The Morgan fingerprint density at radius 2 is 2.33 bits per heavy atom. The van der Waals surface area contributed by atoms with Gasteiger partial charge < -0.3 is 0 Å². The molecule has 0 amide bonds. The van der Waals surface area contributed by atoms with E-state index in [0.29, 0.717) is 0 Å². The first-order valence-corrected chi connectivity index (χ1v) is 5.31. The molecule has 1 atom stereocenters. The largest absolute Gasteiger partial charge is 0.294 e. The minimum atomic E-state index is -0.00361. The van der Waals surface area contributed by atoms with Crippen LogP contribution in [0, 0.1) is 0 Å². The van der Waals surface area contributed by atoms with Crippen molar-refractivity contribution in [3.8, 4) is 0 Å². The highest BCUT2D eigenvalue weighted by atomic mass is 16.1. The van der Waals surface area contributed by atoms with E-state index in [1.807, 2.05) is 19.9 Å². The monoisotopic (exact) mass is 201 g/mol. The zero-order valence-corrected chi connectivity index (χ0v) is 9.16. The van der Waals surface area contributed by atoms with Gasteiger partial charge in [-0.25, -0.2) is 0 Å². The maximum Gasteiger partial charge on any atom is 0.164 e. The molecule has 0 saturated carbocycles. The van der Waals surface area contributed by atoms with Crippen LogP contribution in [0.15, 0.2) is 30.0 Å². The van der Waals surface area contributed by atoms with Crippen molar-refractivity contribution in [1.29, 1.82) is 0 Å². The summed E-state index contributed by atoms with van der Waals surface area (Å²) in [6.45, 7) is 3.90. The third-order valence-corrected chi connectivity index (χ3v) is 2.73. The first kappa shape index (κ1) is 10.1. The van der Waals surface area contributed by atoms with Gasteiger partial charge in [0.05, 0.1) is 11.6 Å². The molecule has 1 aromatic heterocycles. The summed E-state index contributed by atoms with van der Waals surface area (Å²) in [5.41, 5.74) is 3.28. The van der Waals surface area contributed by atoms with Gasteiger partial charge >= 0.3 is 0 Å². The third-order valence-electron chi connectivity index (χ3n) is 2.73. The summed E-state index contributed by atoms with van der Waals surface area (Å²) in [4.78, 5) is 16.2. The number of nitrogens with zero attached hydrogens (tertiary/aromatic N) is 1. The fourth-order valence-corrected chi connectivity index (χ4v) is 2.07. The Bertz CT molecular complexity index is 416. The molecule has 0 N–H and O–H groups in total. The molecule has 1 aromatic rings. The van der Waals surface area contributed by atoms with Gasteiger partial charge in [0.2, 0.25) is 0 Å². The molecular formula is C13H15NO. The summed E-state index contributed by atoms with van der Waals surface area (Å²) in [6, 6.07) is 4.00. The first-order valence-electron chi connectivity index (χ1n) is 5.31. The van der Waals surface area contributed by atoms with Crippen LogP contribution < -0.4 is 0 Å². The predicted octanol–water partition coefficient (Wildman–Crippen LogP) is 2.65. The van der Waals surface area contributed by atoms with E-state index in [9.17, 15) is 4.79 Å². The fourth-order valence-electron chi connectivity index (χ4n) is 2.07. The number of rotatable bonds is 2. The summed E-state index contributed by atoms with van der Waals surface area (Å²) in [5.74, 6) is 0.198. The zero-order chi connectivity index (χ0) is 10.8. The second-order valence-corrected chi connectivity index (χ2v) is 4.26. The van der Waals surface area contributed by atoms with Crippen LogP contribution >= 0.6 is 0 Å². The van der Waals surface area contributed by atoms with E-state index in [4.69, 9.17) is 0 Å². The van der Waals surface area contributed by atoms with Gasteiger partial charge in [-0.2, -0.15) is 0 Å². The van der Waals surface area contributed by atoms with Gasteiger partial charge in [0.25, 0.3) is 0 Å². The number of carbonyl (C=O) groups is 1. The Hall–Kier alpha value is -1.44. The van der Waals surface area contributed by atoms with Crippen LogP contribution in [0.4, 0.5) is 0 Å². The van der Waals surface area contributed by atoms with E-state index in [1.165, 1.54) is 5.56 Å². The van der Waals surface area contributed by atoms with Gasteiger partial charge in [-0.15, -0.1) is 0 Å². The Balaban J connectivity index is 2.28. The third kappa shape index (κ3) is 1.99. The quantitative estimate of drug-likeness (QED) is 0.688. The van der Waals surface area contributed by atoms with Crippen LogP contribution in [0.2, 0.25) is 0 Å². The average molecular weight is 201 g/mol. The molecule has 0 spiro atoms. The Morgan fingerprint density at radius 1 is 1.53 bits per heavy atom. The maximum atomic E-state index is 11.9. The SMILES string of the molecule is CC(C)=CC(=O)C1CCc2cccnc21. The normalized spacial score (nSPS) is 18.4. The maximum absolute atomic E-state index is 11.9. The molecule has 0 saturated heterocycles. The number of aromatic nitrogens is 1. The molecule has 1 aliphatic carbocycles. The lowest BCUT2D eigenvalue weighted by Gasteiger charge is -2.06. The molecule has 0 aromatic carbocycles. The summed E-state index contributed by atoms with van der Waals surface area (Å²) in [7, 11) is 0. The van der Waals surface area contributed by atoms with Crippen LogP contribution in [0.25, 0.3) is 0 Å². The second-order valence-electron chi connectivity index (χ2n) is 4.26. The van der Waals surface area contributed by atoms with Crippen LogP contribution in [0.5, 0.6) is 0 Å². The lowest BCUT2D eigenvalue weighted by Crippen LogP contribution is -2.08. The number of allylic oxidation sites excluding steroid dienone is 2. The number of ketones is 1. The minimum absolute atomic E-state index is 0.00361. The van der Waals surface area contributed by atoms with E-state index < -0.39 is 0 Å². The van der Waals surface area contributed by atoms with E-state index in [2.05, 4.69) is 11.1 Å². The topological polar surface area (TPSA) is 30.0 Å². The molecule has 1 heterocycles. The van der Waals surface area contributed by atoms with Crippen molar-refractivity contribution < 1.29 is 4.79 Å². The van der Waals surface area contributed by atoms with Gasteiger partial charge in [0, 0.05) is 6.20 Å². The summed E-state index contributed by atoms with van der Waals surface area (Å²) in [5, 5.41) is 0. The van der Waals surface area contributed by atoms with Gasteiger partial charge in [-0.3, -0.25) is 9.78 Å². The number of fused-ring (bicyclic) bond motifs is 1. The van der Waals surface area contributed by atoms with E-state index in [0.717, 1.165) is 24.1 Å². The summed E-state index contributed by atoms with van der Waals surface area (Å²) in [6.07, 6.45) is 5.40. The van der Waals surface area contributed by atoms with Gasteiger partial charge in [-0.1, -0.05) is 11.6 Å². The summed E-state index contributed by atoms with van der Waals surface area (Å²) < 4.78 is 0. The molecule has 0 bridgehead atoms. The molecule has 2 rings (SSSR count). The molecule has 0 aliphatic heterocycles. The zero-order valence-electron chi connectivity index (χ0n) is 9.16. The molecule has 1 unspecified atom stereocenters. The van der Waals surface area contributed by atoms with Gasteiger partial charge in [0.1, 0.15) is 0 Å². The second kappa shape index (κ2) is 3.97. The highest BCUT2D eigenvalue weighted by Gasteiger charge is 2.28. The van der Waals surface area contributed by atoms with Crippen molar-refractivity contribution in [1.82, 2.24) is 4.98 Å². The Kier molecular flexibility index (Phi) is 2.67. The number of aryl methyl sites for hydroxylation is 1. The molecule has 0 radical (unpaired) electrons. The molecule has 78 valence electrons. The molecule has 2 heteroatoms. The number of hydrogen-bond donors (Lipinski definition) is 0. The van der Waals surface area contributed by atoms with E-state index in [1.54, 1.807) is 12.3 Å². The average Bonchev–Trinajstić information content (AvgIpc) is 2.59. The molecule has 15 heavy (non-hydrogen) atoms. The summed E-state index contributed by atoms with van der Waals surface area (Å²) >= 11 is 0. The number of carbonyl (C=O) groups excluding carboxylic acids is 1. The minimum Gasteiger partial charge on any atom is -0.294 e. The molecule has 1 aliphatic rings. The molecule has 2 nitrogen and oxygen atoms in total. The lowest BCUT2D eigenvalue weighted by atomic mass is 10.00. The Morgan fingerprint density at radius 3 is 3.07 bits per heavy atom. The van der Waals surface area contributed by atoms with Crippen LogP contribution in [-0.2, 0) is 11.2 Å². The number of pyridine rings is 1. The molecular weight excluding hydrogens is 186 g/mol. The highest BCUT2D eigenvalue weighted by Crippen LogP contribution is 2.32. The van der Waals surface area contributed by atoms with Crippen molar-refractivity contribution in [3.63, 3.8) is 0 Å². The first-order chi connectivity index (χ1) is 7.18. The van der Waals surface area contributed by atoms with Crippen molar-refractivity contribution in [2.24, 2.45) is 0 Å². The van der Waals surface area contributed by atoms with Gasteiger partial charge in [-0.05, 0) is 44.4 Å². The highest BCUT2D eigenvalue weighted by molar-refractivity contribution is 5.96. The lowest BCUT2D eigenvalue weighted by molar-refractivity contribution is -0.116. The van der Waals surface area contributed by atoms with Gasteiger partial charge in [0.15, 0.2) is 5.78 Å².